The number of ether oxygens (including phenoxy) is 2. The van der Waals surface area contributed by atoms with E-state index in [0.29, 0.717) is 29.6 Å². The highest BCUT2D eigenvalue weighted by atomic mass is 127. The summed E-state index contributed by atoms with van der Waals surface area (Å²) in [6.45, 7) is 8.96. The van der Waals surface area contributed by atoms with E-state index < -0.39 is 5.97 Å². The van der Waals surface area contributed by atoms with Gasteiger partial charge in [0.1, 0.15) is 35.0 Å². The zero-order valence-electron chi connectivity index (χ0n) is 18.1. The molecule has 1 aromatic carbocycles. The summed E-state index contributed by atoms with van der Waals surface area (Å²) >= 11 is 0. The van der Waals surface area contributed by atoms with Crippen LogP contribution < -0.4 is 15.4 Å². The van der Waals surface area contributed by atoms with Gasteiger partial charge in [-0.2, -0.15) is 0 Å². The number of guanidine groups is 1. The summed E-state index contributed by atoms with van der Waals surface area (Å²) in [5, 5.41) is 6.80. The van der Waals surface area contributed by atoms with Crippen molar-refractivity contribution < 1.29 is 18.7 Å². The number of benzene rings is 1. The first-order valence-corrected chi connectivity index (χ1v) is 9.83. The van der Waals surface area contributed by atoms with Crippen LogP contribution in [0.1, 0.15) is 60.7 Å². The van der Waals surface area contributed by atoms with E-state index in [9.17, 15) is 4.79 Å². The maximum absolute atomic E-state index is 11.8. The molecule has 8 heteroatoms. The Labute approximate surface area is 194 Å². The normalized spacial score (nSPS) is 17.2. The van der Waals surface area contributed by atoms with Gasteiger partial charge in [-0.3, -0.25) is 0 Å². The van der Waals surface area contributed by atoms with Crippen LogP contribution in [0, 0.1) is 6.92 Å². The molecule has 0 aliphatic carbocycles. The molecule has 2 N–H and O–H groups in total. The Morgan fingerprint density at radius 2 is 2.07 bits per heavy atom. The Morgan fingerprint density at radius 1 is 1.33 bits per heavy atom. The number of methoxy groups -OCH3 is 1. The number of nitrogens with zero attached hydrogens (tertiary/aromatic N) is 1. The van der Waals surface area contributed by atoms with Gasteiger partial charge in [0.25, 0.3) is 0 Å². The highest BCUT2D eigenvalue weighted by Gasteiger charge is 2.34. The average Bonchev–Trinajstić information content (AvgIpc) is 3.05. The first-order valence-electron chi connectivity index (χ1n) is 9.83. The quantitative estimate of drug-likeness (QED) is 0.260. The number of nitrogens with one attached hydrogen (secondary N) is 2. The van der Waals surface area contributed by atoms with Crippen molar-refractivity contribution in [2.45, 2.75) is 52.3 Å². The predicted octanol–water partition coefficient (Wildman–Crippen LogP) is 4.35. The third kappa shape index (κ3) is 5.68. The molecule has 1 aromatic heterocycles. The predicted molar refractivity (Wildman–Crippen MR) is 127 cm³/mol. The molecule has 1 atom stereocenters. The Morgan fingerprint density at radius 3 is 2.77 bits per heavy atom. The van der Waals surface area contributed by atoms with Gasteiger partial charge in [-0.05, 0) is 39.8 Å². The molecule has 2 heterocycles. The number of furan rings is 1. The summed E-state index contributed by atoms with van der Waals surface area (Å²) in [6.07, 6.45) is 0.806. The molecular weight excluding hydrogens is 497 g/mol. The molecular formula is C22H30IN3O4. The van der Waals surface area contributed by atoms with Gasteiger partial charge in [0.05, 0.1) is 13.2 Å². The average molecular weight is 527 g/mol. The van der Waals surface area contributed by atoms with Gasteiger partial charge in [-0.1, -0.05) is 18.2 Å². The monoisotopic (exact) mass is 527 g/mol. The number of aliphatic imine (C=N–C) groups is 1. The largest absolute Gasteiger partial charge is 0.487 e. The van der Waals surface area contributed by atoms with Crippen molar-refractivity contribution in [2.75, 3.05) is 13.7 Å². The third-order valence-electron chi connectivity index (χ3n) is 4.80. The van der Waals surface area contributed by atoms with Crippen LogP contribution in [0.4, 0.5) is 0 Å². The Hall–Kier alpha value is -2.23. The maximum atomic E-state index is 11.8. The zero-order chi connectivity index (χ0) is 21.0. The van der Waals surface area contributed by atoms with Crippen molar-refractivity contribution in [3.63, 3.8) is 0 Å². The van der Waals surface area contributed by atoms with Crippen LogP contribution >= 0.6 is 24.0 Å². The van der Waals surface area contributed by atoms with E-state index in [1.165, 1.54) is 7.11 Å². The summed E-state index contributed by atoms with van der Waals surface area (Å²) in [5.41, 5.74) is 1.26. The van der Waals surface area contributed by atoms with Crippen molar-refractivity contribution in [3.05, 3.63) is 53.0 Å². The lowest BCUT2D eigenvalue weighted by Crippen LogP contribution is -2.45. The number of carbonyl (C=O) groups is 1. The summed E-state index contributed by atoms with van der Waals surface area (Å²) in [6, 6.07) is 9.81. The number of hydrogen-bond donors (Lipinski definition) is 2. The van der Waals surface area contributed by atoms with Gasteiger partial charge in [-0.25, -0.2) is 9.79 Å². The molecule has 1 unspecified atom stereocenters. The topological polar surface area (TPSA) is 85.1 Å². The number of hydrogen-bond acceptors (Lipinski definition) is 5. The van der Waals surface area contributed by atoms with Crippen LogP contribution in [-0.2, 0) is 11.3 Å². The second kappa shape index (κ2) is 10.2. The van der Waals surface area contributed by atoms with Crippen LogP contribution in [0.2, 0.25) is 0 Å². The highest BCUT2D eigenvalue weighted by molar-refractivity contribution is 14.0. The molecule has 0 radical (unpaired) electrons. The van der Waals surface area contributed by atoms with Crippen LogP contribution in [0.5, 0.6) is 5.75 Å². The molecule has 30 heavy (non-hydrogen) atoms. The van der Waals surface area contributed by atoms with Crippen molar-refractivity contribution >= 4 is 35.9 Å². The molecule has 0 spiro atoms. The third-order valence-corrected chi connectivity index (χ3v) is 4.80. The number of aryl methyl sites for hydroxylation is 1. The van der Waals surface area contributed by atoms with Crippen molar-refractivity contribution in [3.8, 4) is 5.75 Å². The Balaban J connectivity index is 0.00000320. The molecule has 3 rings (SSSR count). The molecule has 1 aliphatic heterocycles. The van der Waals surface area contributed by atoms with E-state index >= 15 is 0 Å². The van der Waals surface area contributed by atoms with Crippen LogP contribution in [0.25, 0.3) is 0 Å². The molecule has 164 valence electrons. The summed E-state index contributed by atoms with van der Waals surface area (Å²) in [7, 11) is 1.35. The smallest absolute Gasteiger partial charge is 0.341 e. The van der Waals surface area contributed by atoms with Crippen molar-refractivity contribution in [1.82, 2.24) is 10.6 Å². The SMILES string of the molecule is CCNC(=NCc1cc(C(=O)OC)c(C)o1)NC1CC(C)(C)Oc2ccccc21.I. The zero-order valence-corrected chi connectivity index (χ0v) is 20.4. The standard InChI is InChI=1S/C22H29N3O4.HI/c1-6-23-21(24-13-15-11-17(14(2)28-15)20(26)27-5)25-18-12-22(3,4)29-19-10-8-7-9-16(18)19;/h7-11,18H,6,12-13H2,1-5H3,(H2,23,24,25);1H. The van der Waals surface area contributed by atoms with Gasteiger partial charge < -0.3 is 24.5 Å². The fourth-order valence-electron chi connectivity index (χ4n) is 3.51. The lowest BCUT2D eigenvalue weighted by Gasteiger charge is -2.38. The van der Waals surface area contributed by atoms with E-state index in [1.54, 1.807) is 13.0 Å². The second-order valence-corrected chi connectivity index (χ2v) is 7.67. The number of halogens is 1. The van der Waals surface area contributed by atoms with Gasteiger partial charge in [0.15, 0.2) is 5.96 Å². The van der Waals surface area contributed by atoms with Gasteiger partial charge in [0.2, 0.25) is 0 Å². The van der Waals surface area contributed by atoms with E-state index in [2.05, 4.69) is 35.5 Å². The minimum atomic E-state index is -0.410. The van der Waals surface area contributed by atoms with Gasteiger partial charge in [0, 0.05) is 18.5 Å². The minimum Gasteiger partial charge on any atom is -0.487 e. The van der Waals surface area contributed by atoms with Crippen molar-refractivity contribution in [2.24, 2.45) is 4.99 Å². The van der Waals surface area contributed by atoms with Gasteiger partial charge >= 0.3 is 5.97 Å². The molecule has 0 fully saturated rings. The molecule has 2 aromatic rings. The number of fused-ring (bicyclic) bond motifs is 1. The summed E-state index contributed by atoms with van der Waals surface area (Å²) in [4.78, 5) is 16.4. The number of carbonyl (C=O) groups excluding carboxylic acids is 1. The number of para-hydroxylation sites is 1. The van der Waals surface area contributed by atoms with E-state index in [4.69, 9.17) is 13.9 Å². The van der Waals surface area contributed by atoms with E-state index in [-0.39, 0.29) is 35.6 Å². The second-order valence-electron chi connectivity index (χ2n) is 7.67. The maximum Gasteiger partial charge on any atom is 0.341 e. The first-order chi connectivity index (χ1) is 13.8. The molecule has 0 bridgehead atoms. The number of esters is 1. The van der Waals surface area contributed by atoms with E-state index in [1.807, 2.05) is 25.1 Å². The summed E-state index contributed by atoms with van der Waals surface area (Å²) < 4.78 is 16.5. The van der Waals surface area contributed by atoms with Crippen molar-refractivity contribution in [1.29, 1.82) is 0 Å². The fraction of sp³-hybridized carbons (Fsp3) is 0.455. The molecule has 0 amide bonds. The first kappa shape index (κ1) is 24.0. The molecule has 1 aliphatic rings. The Kier molecular flexibility index (Phi) is 8.17. The molecule has 7 nitrogen and oxygen atoms in total. The van der Waals surface area contributed by atoms with E-state index in [0.717, 1.165) is 24.3 Å². The molecule has 0 saturated heterocycles. The highest BCUT2D eigenvalue weighted by Crippen LogP contribution is 2.39. The van der Waals surface area contributed by atoms with Gasteiger partial charge in [-0.15, -0.1) is 24.0 Å². The summed E-state index contributed by atoms with van der Waals surface area (Å²) in [5.74, 6) is 2.29. The molecule has 0 saturated carbocycles. The lowest BCUT2D eigenvalue weighted by molar-refractivity contribution is 0.0598. The van der Waals surface area contributed by atoms with Crippen LogP contribution in [0.15, 0.2) is 39.7 Å². The minimum absolute atomic E-state index is 0. The lowest BCUT2D eigenvalue weighted by atomic mass is 9.90. The number of rotatable bonds is 5. The Bertz CT molecular complexity index is 908. The van der Waals surface area contributed by atoms with Crippen LogP contribution in [0.3, 0.4) is 0 Å². The fourth-order valence-corrected chi connectivity index (χ4v) is 3.51. The van der Waals surface area contributed by atoms with Crippen LogP contribution in [-0.4, -0.2) is 31.2 Å².